The first kappa shape index (κ1) is 27.8. The van der Waals surface area contributed by atoms with Crippen molar-refractivity contribution in [1.29, 1.82) is 0 Å². The Labute approximate surface area is 177 Å². The molecule has 0 fully saturated rings. The van der Waals surface area contributed by atoms with Gasteiger partial charge >= 0.3 is 11.9 Å². The number of hydrogen-bond donors (Lipinski definition) is 4. The van der Waals surface area contributed by atoms with Crippen LogP contribution in [0, 0.1) is 11.8 Å². The molecule has 0 saturated carbocycles. The van der Waals surface area contributed by atoms with E-state index < -0.39 is 59.4 Å². The van der Waals surface area contributed by atoms with E-state index in [-0.39, 0.29) is 12.3 Å². The smallest absolute Gasteiger partial charge is 0.329 e. The van der Waals surface area contributed by atoms with Crippen molar-refractivity contribution in [2.45, 2.75) is 91.6 Å². The zero-order chi connectivity index (χ0) is 23.9. The van der Waals surface area contributed by atoms with Crippen LogP contribution in [0.2, 0.25) is 0 Å². The molecule has 0 rings (SSSR count). The topological polar surface area (TPSA) is 151 Å². The maximum absolute atomic E-state index is 12.8. The Morgan fingerprint density at radius 1 is 0.900 bits per heavy atom. The molecule has 0 unspecified atom stereocenters. The number of hydroxylamine groups is 1. The molecule has 0 aromatic heterocycles. The Bertz CT molecular complexity index is 619. The lowest BCUT2D eigenvalue weighted by Crippen LogP contribution is -2.51. The normalized spacial score (nSPS) is 15.0. The van der Waals surface area contributed by atoms with Crippen LogP contribution in [0.3, 0.4) is 0 Å². The molecular weight excluding hydrogens is 396 g/mol. The minimum absolute atomic E-state index is 0.0901. The average Bonchev–Trinajstić information content (AvgIpc) is 2.54. The number of amides is 2. The molecule has 0 bridgehead atoms. The van der Waals surface area contributed by atoms with Crippen LogP contribution in [0.4, 0.5) is 0 Å². The van der Waals surface area contributed by atoms with Crippen LogP contribution in [0.1, 0.15) is 68.2 Å². The largest absolute Gasteiger partial charge is 0.460 e. The molecule has 30 heavy (non-hydrogen) atoms. The zero-order valence-corrected chi connectivity index (χ0v) is 19.1. The summed E-state index contributed by atoms with van der Waals surface area (Å²) in [4.78, 5) is 49.2. The predicted molar refractivity (Wildman–Crippen MR) is 107 cm³/mol. The summed E-state index contributed by atoms with van der Waals surface area (Å²) in [7, 11) is 0. The van der Waals surface area contributed by atoms with Crippen molar-refractivity contribution < 1.29 is 39.0 Å². The van der Waals surface area contributed by atoms with Crippen LogP contribution in [-0.2, 0) is 28.7 Å². The summed E-state index contributed by atoms with van der Waals surface area (Å²) in [5.41, 5.74) is -0.366. The van der Waals surface area contributed by atoms with Crippen molar-refractivity contribution in [2.24, 2.45) is 11.8 Å². The maximum atomic E-state index is 12.8. The summed E-state index contributed by atoms with van der Waals surface area (Å²) < 4.78 is 10.5. The van der Waals surface area contributed by atoms with Crippen molar-refractivity contribution in [1.82, 2.24) is 10.8 Å². The second-order valence-electron chi connectivity index (χ2n) is 9.54. The van der Waals surface area contributed by atoms with E-state index in [1.54, 1.807) is 55.4 Å². The Balaban J connectivity index is 5.64. The predicted octanol–water partition coefficient (Wildman–Crippen LogP) is 1.07. The lowest BCUT2D eigenvalue weighted by atomic mass is 9.90. The molecule has 0 saturated heterocycles. The van der Waals surface area contributed by atoms with E-state index in [4.69, 9.17) is 14.7 Å². The van der Waals surface area contributed by atoms with Gasteiger partial charge in [0.2, 0.25) is 5.91 Å². The van der Waals surface area contributed by atoms with E-state index in [0.717, 1.165) is 0 Å². The molecule has 0 aliphatic heterocycles. The van der Waals surface area contributed by atoms with Gasteiger partial charge < -0.3 is 19.9 Å². The highest BCUT2D eigenvalue weighted by Crippen LogP contribution is 2.19. The fraction of sp³-hybridized carbons (Fsp3) is 0.800. The third kappa shape index (κ3) is 11.1. The van der Waals surface area contributed by atoms with Crippen molar-refractivity contribution >= 4 is 23.8 Å². The van der Waals surface area contributed by atoms with E-state index in [1.807, 2.05) is 0 Å². The second kappa shape index (κ2) is 11.3. The number of aliphatic hydroxyl groups excluding tert-OH is 1. The first-order valence-corrected chi connectivity index (χ1v) is 9.84. The summed E-state index contributed by atoms with van der Waals surface area (Å²) in [5, 5.41) is 21.3. The highest BCUT2D eigenvalue weighted by molar-refractivity contribution is 5.92. The van der Waals surface area contributed by atoms with E-state index in [1.165, 1.54) is 5.48 Å². The van der Waals surface area contributed by atoms with E-state index in [2.05, 4.69) is 5.32 Å². The Morgan fingerprint density at radius 3 is 1.80 bits per heavy atom. The first-order valence-electron chi connectivity index (χ1n) is 9.84. The molecule has 0 aromatic rings. The summed E-state index contributed by atoms with van der Waals surface area (Å²) >= 11 is 0. The van der Waals surface area contributed by atoms with E-state index in [9.17, 15) is 24.3 Å². The van der Waals surface area contributed by atoms with Gasteiger partial charge in [-0.1, -0.05) is 13.8 Å². The van der Waals surface area contributed by atoms with Crippen molar-refractivity contribution in [3.63, 3.8) is 0 Å². The molecule has 0 spiro atoms. The fourth-order valence-corrected chi connectivity index (χ4v) is 2.53. The average molecular weight is 433 g/mol. The number of hydrogen-bond acceptors (Lipinski definition) is 8. The van der Waals surface area contributed by atoms with Crippen LogP contribution >= 0.6 is 0 Å². The lowest BCUT2D eigenvalue weighted by molar-refractivity contribution is -0.166. The Kier molecular flexibility index (Phi) is 10.4. The summed E-state index contributed by atoms with van der Waals surface area (Å²) in [6, 6.07) is -1.38. The second-order valence-corrected chi connectivity index (χ2v) is 9.54. The van der Waals surface area contributed by atoms with E-state index >= 15 is 0 Å². The SMILES string of the molecule is CC(C)C[C@@H](C(=O)N[C@@H](CC(=O)OC(C)(C)C)C(=O)OC(C)(C)C)[C@H](O)C(=O)NO. The molecule has 2 amide bonds. The van der Waals surface area contributed by atoms with Crippen molar-refractivity contribution in [3.8, 4) is 0 Å². The molecular formula is C20H36N2O8. The molecule has 10 heteroatoms. The van der Waals surface area contributed by atoms with Crippen LogP contribution in [0.5, 0.6) is 0 Å². The van der Waals surface area contributed by atoms with Gasteiger partial charge in [0.1, 0.15) is 23.3 Å². The maximum Gasteiger partial charge on any atom is 0.329 e. The third-order valence-electron chi connectivity index (χ3n) is 3.62. The quantitative estimate of drug-likeness (QED) is 0.240. The molecule has 4 N–H and O–H groups in total. The van der Waals surface area contributed by atoms with Gasteiger partial charge in [-0.15, -0.1) is 0 Å². The number of aliphatic hydroxyl groups is 1. The molecule has 0 aliphatic carbocycles. The Hall–Kier alpha value is -2.20. The van der Waals surface area contributed by atoms with Crippen LogP contribution in [-0.4, -0.2) is 57.4 Å². The van der Waals surface area contributed by atoms with Gasteiger partial charge in [-0.05, 0) is 53.9 Å². The highest BCUT2D eigenvalue weighted by atomic mass is 16.6. The highest BCUT2D eigenvalue weighted by Gasteiger charge is 2.37. The minimum Gasteiger partial charge on any atom is -0.460 e. The molecule has 0 aliphatic rings. The van der Waals surface area contributed by atoms with Gasteiger partial charge in [0.15, 0.2) is 0 Å². The molecule has 3 atom stereocenters. The Morgan fingerprint density at radius 2 is 1.40 bits per heavy atom. The van der Waals surface area contributed by atoms with E-state index in [0.29, 0.717) is 0 Å². The summed E-state index contributed by atoms with van der Waals surface area (Å²) in [6.07, 6.45) is -2.25. The van der Waals surface area contributed by atoms with Gasteiger partial charge in [-0.3, -0.25) is 19.6 Å². The molecule has 10 nitrogen and oxygen atoms in total. The van der Waals surface area contributed by atoms with Gasteiger partial charge in [0, 0.05) is 0 Å². The number of esters is 2. The van der Waals surface area contributed by atoms with Crippen LogP contribution in [0.15, 0.2) is 0 Å². The molecule has 0 aromatic carbocycles. The molecule has 0 heterocycles. The summed E-state index contributed by atoms with van der Waals surface area (Å²) in [5.74, 6) is -4.93. The number of rotatable bonds is 9. The van der Waals surface area contributed by atoms with Gasteiger partial charge in [0.05, 0.1) is 12.3 Å². The lowest BCUT2D eigenvalue weighted by Gasteiger charge is -2.28. The minimum atomic E-state index is -1.85. The molecule has 174 valence electrons. The van der Waals surface area contributed by atoms with Gasteiger partial charge in [0.25, 0.3) is 5.91 Å². The van der Waals surface area contributed by atoms with Gasteiger partial charge in [-0.2, -0.15) is 0 Å². The van der Waals surface area contributed by atoms with Gasteiger partial charge in [-0.25, -0.2) is 10.3 Å². The van der Waals surface area contributed by atoms with Crippen LogP contribution < -0.4 is 10.8 Å². The fourth-order valence-electron chi connectivity index (χ4n) is 2.53. The number of carbonyl (C=O) groups excluding carboxylic acids is 4. The third-order valence-corrected chi connectivity index (χ3v) is 3.62. The monoisotopic (exact) mass is 432 g/mol. The first-order chi connectivity index (χ1) is 13.5. The van der Waals surface area contributed by atoms with Crippen molar-refractivity contribution in [2.75, 3.05) is 0 Å². The number of nitrogens with one attached hydrogen (secondary N) is 2. The molecule has 0 radical (unpaired) electrons. The standard InChI is InChI=1S/C20H36N2O8/c1-11(2)9-12(15(24)17(26)22-28)16(25)21-13(18(27)30-20(6,7)8)10-14(23)29-19(3,4)5/h11-13,15,24,28H,9-10H2,1-8H3,(H,21,25)(H,22,26)/t12-,13+,15+/m1/s1. The zero-order valence-electron chi connectivity index (χ0n) is 19.1. The summed E-state index contributed by atoms with van der Waals surface area (Å²) in [6.45, 7) is 13.4. The number of ether oxygens (including phenoxy) is 2. The van der Waals surface area contributed by atoms with Crippen LogP contribution in [0.25, 0.3) is 0 Å². The van der Waals surface area contributed by atoms with Crippen molar-refractivity contribution in [3.05, 3.63) is 0 Å². The number of carbonyl (C=O) groups is 4.